The minimum absolute atomic E-state index is 0.0625. The van der Waals surface area contributed by atoms with Crippen LogP contribution in [-0.4, -0.2) is 38.0 Å². The first-order chi connectivity index (χ1) is 10.9. The monoisotopic (exact) mass is 358 g/mol. The van der Waals surface area contributed by atoms with Crippen molar-refractivity contribution in [3.05, 3.63) is 28.2 Å². The largest absolute Gasteiger partial charge is 0.469 e. The second kappa shape index (κ2) is 7.66. The van der Waals surface area contributed by atoms with Gasteiger partial charge in [-0.25, -0.2) is 0 Å². The Kier molecular flexibility index (Phi) is 5.85. The van der Waals surface area contributed by atoms with Crippen LogP contribution < -0.4 is 10.2 Å². The zero-order valence-electron chi connectivity index (χ0n) is 12.5. The smallest absolute Gasteiger partial charge is 0.307 e. The first-order valence-corrected chi connectivity index (χ1v) is 7.80. The van der Waals surface area contributed by atoms with Crippen LogP contribution in [0.1, 0.15) is 12.8 Å². The van der Waals surface area contributed by atoms with Crippen LogP contribution >= 0.6 is 23.2 Å². The standard InChI is InChI=1S/C15H16Cl2N2O4/c1-23-13(20)4-6-18-14(21)10-5-7-19(15(10)22)12-8-9(16)2-3-11(12)17/h2-3,8,10H,4-7H2,1H3,(H,18,21). The number of carbonyl (C=O) groups is 3. The van der Waals surface area contributed by atoms with Crippen LogP contribution in [0.25, 0.3) is 0 Å². The molecule has 0 bridgehead atoms. The predicted molar refractivity (Wildman–Crippen MR) is 86.6 cm³/mol. The molecule has 8 heteroatoms. The lowest BCUT2D eigenvalue weighted by atomic mass is 10.1. The third-order valence-electron chi connectivity index (χ3n) is 3.58. The van der Waals surface area contributed by atoms with E-state index in [1.807, 2.05) is 0 Å². The lowest BCUT2D eigenvalue weighted by molar-refractivity contribution is -0.140. The summed E-state index contributed by atoms with van der Waals surface area (Å²) in [4.78, 5) is 37.0. The van der Waals surface area contributed by atoms with Crippen molar-refractivity contribution in [2.45, 2.75) is 12.8 Å². The average molecular weight is 359 g/mol. The fourth-order valence-corrected chi connectivity index (χ4v) is 2.75. The minimum Gasteiger partial charge on any atom is -0.469 e. The molecule has 1 heterocycles. The van der Waals surface area contributed by atoms with Gasteiger partial charge in [-0.2, -0.15) is 0 Å². The number of hydrogen-bond acceptors (Lipinski definition) is 4. The van der Waals surface area contributed by atoms with Crippen molar-refractivity contribution in [1.29, 1.82) is 0 Å². The summed E-state index contributed by atoms with van der Waals surface area (Å²) >= 11 is 12.0. The number of benzene rings is 1. The average Bonchev–Trinajstić information content (AvgIpc) is 2.91. The van der Waals surface area contributed by atoms with E-state index in [-0.39, 0.29) is 18.9 Å². The number of anilines is 1. The topological polar surface area (TPSA) is 75.7 Å². The van der Waals surface area contributed by atoms with Gasteiger partial charge in [0.25, 0.3) is 0 Å². The molecular weight excluding hydrogens is 343 g/mol. The normalized spacial score (nSPS) is 17.3. The highest BCUT2D eigenvalue weighted by molar-refractivity contribution is 6.36. The van der Waals surface area contributed by atoms with E-state index in [9.17, 15) is 14.4 Å². The highest BCUT2D eigenvalue weighted by atomic mass is 35.5. The molecule has 1 aliphatic heterocycles. The summed E-state index contributed by atoms with van der Waals surface area (Å²) < 4.78 is 4.49. The van der Waals surface area contributed by atoms with Gasteiger partial charge in [-0.3, -0.25) is 14.4 Å². The van der Waals surface area contributed by atoms with Gasteiger partial charge in [0.2, 0.25) is 11.8 Å². The number of carbonyl (C=O) groups excluding carboxylic acids is 3. The van der Waals surface area contributed by atoms with Gasteiger partial charge < -0.3 is 15.0 Å². The summed E-state index contributed by atoms with van der Waals surface area (Å²) in [6.45, 7) is 0.515. The number of esters is 1. The maximum absolute atomic E-state index is 12.4. The van der Waals surface area contributed by atoms with E-state index >= 15 is 0 Å². The second-order valence-corrected chi connectivity index (χ2v) is 5.89. The Morgan fingerprint density at radius 2 is 2.13 bits per heavy atom. The zero-order valence-corrected chi connectivity index (χ0v) is 14.0. The molecule has 1 unspecified atom stereocenters. The Morgan fingerprint density at radius 3 is 2.83 bits per heavy atom. The zero-order chi connectivity index (χ0) is 17.0. The molecule has 1 aliphatic rings. The van der Waals surface area contributed by atoms with Gasteiger partial charge in [-0.05, 0) is 24.6 Å². The summed E-state index contributed by atoms with van der Waals surface area (Å²) in [6, 6.07) is 4.83. The minimum atomic E-state index is -0.789. The van der Waals surface area contributed by atoms with Gasteiger partial charge in [-0.1, -0.05) is 23.2 Å². The summed E-state index contributed by atoms with van der Waals surface area (Å²) in [5.41, 5.74) is 0.494. The molecule has 2 rings (SSSR count). The number of nitrogens with zero attached hydrogens (tertiary/aromatic N) is 1. The van der Waals surface area contributed by atoms with Gasteiger partial charge in [0.1, 0.15) is 5.92 Å². The molecule has 0 aliphatic carbocycles. The molecule has 1 atom stereocenters. The molecule has 1 aromatic carbocycles. The molecule has 1 aromatic rings. The first kappa shape index (κ1) is 17.6. The van der Waals surface area contributed by atoms with Crippen molar-refractivity contribution >= 4 is 46.7 Å². The van der Waals surface area contributed by atoms with E-state index in [2.05, 4.69) is 10.1 Å². The Labute approximate surface area is 143 Å². The van der Waals surface area contributed by atoms with E-state index < -0.39 is 17.8 Å². The van der Waals surface area contributed by atoms with Gasteiger partial charge in [0.05, 0.1) is 24.2 Å². The van der Waals surface area contributed by atoms with Crippen LogP contribution in [0.4, 0.5) is 5.69 Å². The Bertz CT molecular complexity index is 636. The number of ether oxygens (including phenoxy) is 1. The van der Waals surface area contributed by atoms with E-state index in [0.29, 0.717) is 28.7 Å². The molecule has 6 nitrogen and oxygen atoms in total. The third-order valence-corrected chi connectivity index (χ3v) is 4.13. The number of rotatable bonds is 5. The molecule has 0 saturated carbocycles. The number of hydrogen-bond donors (Lipinski definition) is 1. The molecule has 0 spiro atoms. The molecule has 1 saturated heterocycles. The highest BCUT2D eigenvalue weighted by Gasteiger charge is 2.38. The fourth-order valence-electron chi connectivity index (χ4n) is 2.37. The van der Waals surface area contributed by atoms with Crippen molar-refractivity contribution in [1.82, 2.24) is 5.32 Å². The van der Waals surface area contributed by atoms with E-state index in [4.69, 9.17) is 23.2 Å². The summed E-state index contributed by atoms with van der Waals surface area (Å²) in [7, 11) is 1.28. The fraction of sp³-hybridized carbons (Fsp3) is 0.400. The Morgan fingerprint density at radius 1 is 1.39 bits per heavy atom. The maximum Gasteiger partial charge on any atom is 0.307 e. The van der Waals surface area contributed by atoms with Crippen molar-refractivity contribution < 1.29 is 19.1 Å². The molecule has 124 valence electrons. The highest BCUT2D eigenvalue weighted by Crippen LogP contribution is 2.33. The first-order valence-electron chi connectivity index (χ1n) is 7.05. The number of halogens is 2. The van der Waals surface area contributed by atoms with Crippen molar-refractivity contribution in [3.63, 3.8) is 0 Å². The van der Waals surface area contributed by atoms with Crippen LogP contribution in [0.3, 0.4) is 0 Å². The Balaban J connectivity index is 1.99. The van der Waals surface area contributed by atoms with Crippen LogP contribution in [0.5, 0.6) is 0 Å². The quantitative estimate of drug-likeness (QED) is 0.645. The number of methoxy groups -OCH3 is 1. The summed E-state index contributed by atoms with van der Waals surface area (Å²) in [6.07, 6.45) is 0.443. The number of amides is 2. The summed E-state index contributed by atoms with van der Waals surface area (Å²) in [5, 5.41) is 3.43. The van der Waals surface area contributed by atoms with Crippen molar-refractivity contribution in [3.8, 4) is 0 Å². The molecular formula is C15H16Cl2N2O4. The van der Waals surface area contributed by atoms with Crippen LogP contribution in [-0.2, 0) is 19.1 Å². The molecule has 1 fully saturated rings. The molecule has 0 radical (unpaired) electrons. The van der Waals surface area contributed by atoms with Crippen LogP contribution in [0.2, 0.25) is 10.0 Å². The van der Waals surface area contributed by atoms with Gasteiger partial charge >= 0.3 is 5.97 Å². The third kappa shape index (κ3) is 4.14. The van der Waals surface area contributed by atoms with Gasteiger partial charge in [-0.15, -0.1) is 0 Å². The molecule has 0 aromatic heterocycles. The van der Waals surface area contributed by atoms with Crippen LogP contribution in [0.15, 0.2) is 18.2 Å². The van der Waals surface area contributed by atoms with Gasteiger partial charge in [0, 0.05) is 18.1 Å². The number of nitrogens with one attached hydrogen (secondary N) is 1. The van der Waals surface area contributed by atoms with Crippen molar-refractivity contribution in [2.24, 2.45) is 5.92 Å². The van der Waals surface area contributed by atoms with Gasteiger partial charge in [0.15, 0.2) is 0 Å². The maximum atomic E-state index is 12.4. The lowest BCUT2D eigenvalue weighted by Gasteiger charge is -2.18. The SMILES string of the molecule is COC(=O)CCNC(=O)C1CCN(c2cc(Cl)ccc2Cl)C1=O. The van der Waals surface area contributed by atoms with E-state index in [1.165, 1.54) is 12.0 Å². The van der Waals surface area contributed by atoms with Crippen LogP contribution in [0, 0.1) is 5.92 Å². The molecule has 1 N–H and O–H groups in total. The second-order valence-electron chi connectivity index (χ2n) is 5.04. The Hall–Kier alpha value is -1.79. The van der Waals surface area contributed by atoms with E-state index in [0.717, 1.165) is 0 Å². The van der Waals surface area contributed by atoms with Crippen molar-refractivity contribution in [2.75, 3.05) is 25.1 Å². The predicted octanol–water partition coefficient (Wildman–Crippen LogP) is 2.03. The summed E-state index contributed by atoms with van der Waals surface area (Å²) in [5.74, 6) is -1.94. The lowest BCUT2D eigenvalue weighted by Crippen LogP contribution is -2.37. The molecule has 23 heavy (non-hydrogen) atoms. The van der Waals surface area contributed by atoms with E-state index in [1.54, 1.807) is 18.2 Å². The molecule has 2 amide bonds.